The van der Waals surface area contributed by atoms with Gasteiger partial charge in [0.2, 0.25) is 5.91 Å². The summed E-state index contributed by atoms with van der Waals surface area (Å²) in [7, 11) is 1.73. The Kier molecular flexibility index (Phi) is 10.1. The minimum atomic E-state index is -0.421. The van der Waals surface area contributed by atoms with E-state index in [-0.39, 0.29) is 23.3 Å². The SMILES string of the molecule is COc1cccc(C23CCN(CC4CC4)CC2C(O)CC(N(CC(C)C)C(=O)CCCCCc2ccccc2)C3)c1. The van der Waals surface area contributed by atoms with Crippen LogP contribution in [0.5, 0.6) is 5.75 Å². The van der Waals surface area contributed by atoms with Crippen LogP contribution in [0.25, 0.3) is 0 Å². The van der Waals surface area contributed by atoms with Gasteiger partial charge in [0.1, 0.15) is 5.75 Å². The van der Waals surface area contributed by atoms with Gasteiger partial charge in [-0.15, -0.1) is 0 Å². The molecule has 0 bridgehead atoms. The Hall–Kier alpha value is -2.37. The molecule has 224 valence electrons. The lowest BCUT2D eigenvalue weighted by molar-refractivity contribution is -0.139. The van der Waals surface area contributed by atoms with E-state index in [1.165, 1.54) is 30.5 Å². The number of aliphatic hydroxyl groups is 1. The third-order valence-corrected chi connectivity index (χ3v) is 10.00. The van der Waals surface area contributed by atoms with E-state index < -0.39 is 6.10 Å². The molecule has 4 unspecified atom stereocenters. The highest BCUT2D eigenvalue weighted by atomic mass is 16.5. The van der Waals surface area contributed by atoms with Crippen molar-refractivity contribution in [1.29, 1.82) is 0 Å². The summed E-state index contributed by atoms with van der Waals surface area (Å²) in [6.07, 6.45) is 9.68. The second-order valence-corrected chi connectivity index (χ2v) is 13.6. The molecule has 3 aliphatic rings. The van der Waals surface area contributed by atoms with E-state index in [9.17, 15) is 9.90 Å². The number of hydrogen-bond donors (Lipinski definition) is 1. The molecule has 5 heteroatoms. The van der Waals surface area contributed by atoms with E-state index in [1.54, 1.807) is 7.11 Å². The molecule has 4 atom stereocenters. The Labute approximate surface area is 248 Å². The summed E-state index contributed by atoms with van der Waals surface area (Å²) < 4.78 is 5.65. The summed E-state index contributed by atoms with van der Waals surface area (Å²) in [5.41, 5.74) is 2.49. The normalized spacial score (nSPS) is 26.5. The molecule has 2 aliphatic carbocycles. The van der Waals surface area contributed by atoms with Crippen molar-refractivity contribution in [2.24, 2.45) is 17.8 Å². The lowest BCUT2D eigenvalue weighted by Crippen LogP contribution is -2.61. The van der Waals surface area contributed by atoms with Gasteiger partial charge in [-0.25, -0.2) is 0 Å². The van der Waals surface area contributed by atoms with E-state index in [1.807, 2.05) is 6.07 Å². The maximum atomic E-state index is 13.8. The fraction of sp³-hybridized carbons (Fsp3) is 0.639. The molecule has 5 rings (SSSR count). The van der Waals surface area contributed by atoms with Crippen LogP contribution in [0.3, 0.4) is 0 Å². The van der Waals surface area contributed by atoms with Gasteiger partial charge >= 0.3 is 0 Å². The van der Waals surface area contributed by atoms with Crippen LogP contribution in [0.15, 0.2) is 54.6 Å². The number of ether oxygens (including phenoxy) is 1. The molecule has 2 saturated carbocycles. The number of likely N-dealkylation sites (tertiary alicyclic amines) is 1. The highest BCUT2D eigenvalue weighted by Crippen LogP contribution is 2.51. The smallest absolute Gasteiger partial charge is 0.222 e. The quantitative estimate of drug-likeness (QED) is 0.285. The molecular formula is C36H52N2O3. The van der Waals surface area contributed by atoms with Crippen molar-refractivity contribution in [2.75, 3.05) is 33.3 Å². The fourth-order valence-corrected chi connectivity index (χ4v) is 7.67. The van der Waals surface area contributed by atoms with E-state index in [0.717, 1.165) is 69.8 Å². The van der Waals surface area contributed by atoms with Gasteiger partial charge in [-0.1, -0.05) is 62.7 Å². The third-order valence-electron chi connectivity index (χ3n) is 10.00. The molecule has 2 aromatic carbocycles. The zero-order valence-corrected chi connectivity index (χ0v) is 25.6. The van der Waals surface area contributed by atoms with Gasteiger partial charge in [0.25, 0.3) is 0 Å². The van der Waals surface area contributed by atoms with Crippen LogP contribution in [0.2, 0.25) is 0 Å². The number of nitrogens with zero attached hydrogens (tertiary/aromatic N) is 2. The zero-order chi connectivity index (χ0) is 28.8. The summed E-state index contributed by atoms with van der Waals surface area (Å²) in [6.45, 7) is 8.34. The first kappa shape index (κ1) is 30.1. The van der Waals surface area contributed by atoms with Gasteiger partial charge in [0.15, 0.2) is 0 Å². The third kappa shape index (κ3) is 7.53. The van der Waals surface area contributed by atoms with Gasteiger partial charge in [-0.2, -0.15) is 0 Å². The van der Waals surface area contributed by atoms with Crippen molar-refractivity contribution in [3.05, 3.63) is 65.7 Å². The Morgan fingerprint density at radius 3 is 2.63 bits per heavy atom. The Morgan fingerprint density at radius 1 is 1.10 bits per heavy atom. The summed E-state index contributed by atoms with van der Waals surface area (Å²) in [4.78, 5) is 18.6. The van der Waals surface area contributed by atoms with E-state index in [2.05, 4.69) is 72.2 Å². The fourth-order valence-electron chi connectivity index (χ4n) is 7.67. The second kappa shape index (κ2) is 13.7. The number of piperidine rings is 1. The van der Waals surface area contributed by atoms with E-state index in [4.69, 9.17) is 4.74 Å². The molecule has 1 N–H and O–H groups in total. The number of hydrogen-bond acceptors (Lipinski definition) is 4. The molecular weight excluding hydrogens is 508 g/mol. The number of rotatable bonds is 13. The molecule has 1 amide bonds. The molecule has 3 fully saturated rings. The van der Waals surface area contributed by atoms with Gasteiger partial charge in [0, 0.05) is 43.4 Å². The van der Waals surface area contributed by atoms with E-state index in [0.29, 0.717) is 18.8 Å². The van der Waals surface area contributed by atoms with Crippen LogP contribution in [-0.4, -0.2) is 66.2 Å². The summed E-state index contributed by atoms with van der Waals surface area (Å²) >= 11 is 0. The number of amides is 1. The number of aliphatic hydroxyl groups excluding tert-OH is 1. The van der Waals surface area contributed by atoms with Crippen molar-refractivity contribution in [2.45, 2.75) is 95.6 Å². The Morgan fingerprint density at radius 2 is 1.90 bits per heavy atom. The van der Waals surface area contributed by atoms with E-state index >= 15 is 0 Å². The highest BCUT2D eigenvalue weighted by molar-refractivity contribution is 5.76. The topological polar surface area (TPSA) is 53.0 Å². The Balaban J connectivity index is 1.31. The molecule has 0 aromatic heterocycles. The average molecular weight is 561 g/mol. The Bertz CT molecular complexity index is 1120. The number of aryl methyl sites for hydroxylation is 1. The number of fused-ring (bicyclic) bond motifs is 1. The lowest BCUT2D eigenvalue weighted by atomic mass is 9.56. The number of carbonyl (C=O) groups is 1. The molecule has 0 radical (unpaired) electrons. The number of methoxy groups -OCH3 is 1. The first-order chi connectivity index (χ1) is 19.9. The summed E-state index contributed by atoms with van der Waals surface area (Å²) in [5.74, 6) is 2.55. The van der Waals surface area contributed by atoms with Crippen LogP contribution in [0.1, 0.15) is 82.8 Å². The maximum Gasteiger partial charge on any atom is 0.222 e. The maximum absolute atomic E-state index is 13.8. The predicted octanol–water partition coefficient (Wildman–Crippen LogP) is 6.48. The largest absolute Gasteiger partial charge is 0.497 e. The molecule has 1 heterocycles. The van der Waals surface area contributed by atoms with Crippen molar-refractivity contribution in [3.8, 4) is 5.75 Å². The summed E-state index contributed by atoms with van der Waals surface area (Å²) in [5, 5.41) is 11.8. The zero-order valence-electron chi connectivity index (χ0n) is 25.6. The molecule has 41 heavy (non-hydrogen) atoms. The monoisotopic (exact) mass is 560 g/mol. The van der Waals surface area contributed by atoms with Gasteiger partial charge < -0.3 is 19.6 Å². The standard InChI is InChI=1S/C36H52N2O3/c1-27(2)24-38(35(40)16-9-5-8-13-28-11-6-4-7-12-28)31-22-34(39)33-26-37(25-29-17-18-29)20-19-36(33,23-31)30-14-10-15-32(21-30)41-3/h4,6-7,10-12,14-15,21,27,29,31,33-34,39H,5,8-9,13,16-20,22-26H2,1-3H3. The van der Waals surface area contributed by atoms with Gasteiger partial charge in [-0.05, 0) is 93.0 Å². The van der Waals surface area contributed by atoms with Crippen molar-refractivity contribution >= 4 is 5.91 Å². The van der Waals surface area contributed by atoms with Crippen molar-refractivity contribution in [1.82, 2.24) is 9.80 Å². The molecule has 1 saturated heterocycles. The van der Waals surface area contributed by atoms with Crippen LogP contribution in [0.4, 0.5) is 0 Å². The van der Waals surface area contributed by atoms with Crippen LogP contribution in [-0.2, 0) is 16.6 Å². The minimum absolute atomic E-state index is 0.0571. The van der Waals surface area contributed by atoms with Gasteiger partial charge in [-0.3, -0.25) is 4.79 Å². The van der Waals surface area contributed by atoms with Crippen molar-refractivity contribution < 1.29 is 14.6 Å². The second-order valence-electron chi connectivity index (χ2n) is 13.6. The first-order valence-corrected chi connectivity index (χ1v) is 16.3. The molecule has 5 nitrogen and oxygen atoms in total. The van der Waals surface area contributed by atoms with Crippen LogP contribution in [0, 0.1) is 17.8 Å². The number of carbonyl (C=O) groups excluding carboxylic acids is 1. The first-order valence-electron chi connectivity index (χ1n) is 16.3. The molecule has 0 spiro atoms. The van der Waals surface area contributed by atoms with Crippen LogP contribution < -0.4 is 4.74 Å². The highest BCUT2D eigenvalue weighted by Gasteiger charge is 2.53. The van der Waals surface area contributed by atoms with Crippen LogP contribution >= 0.6 is 0 Å². The summed E-state index contributed by atoms with van der Waals surface area (Å²) in [6, 6.07) is 19.2. The minimum Gasteiger partial charge on any atom is -0.497 e. The predicted molar refractivity (Wildman–Crippen MR) is 166 cm³/mol. The van der Waals surface area contributed by atoms with Crippen molar-refractivity contribution in [3.63, 3.8) is 0 Å². The molecule has 1 aliphatic heterocycles. The molecule has 2 aromatic rings. The lowest BCUT2D eigenvalue weighted by Gasteiger charge is -2.56. The number of benzene rings is 2. The van der Waals surface area contributed by atoms with Gasteiger partial charge in [0.05, 0.1) is 13.2 Å². The average Bonchev–Trinajstić information content (AvgIpc) is 3.80. The number of unbranched alkanes of at least 4 members (excludes halogenated alkanes) is 2.